The second-order valence-electron chi connectivity index (χ2n) is 8.01. The zero-order valence-corrected chi connectivity index (χ0v) is 18.7. The molecule has 1 fully saturated rings. The molecule has 1 aliphatic heterocycles. The number of hydrogen-bond acceptors (Lipinski definition) is 4. The second-order valence-corrected chi connectivity index (χ2v) is 10.1. The molecule has 31 heavy (non-hydrogen) atoms. The first-order valence-electron chi connectivity index (χ1n) is 10.1. The summed E-state index contributed by atoms with van der Waals surface area (Å²) in [6, 6.07) is 8.69. The van der Waals surface area contributed by atoms with Crippen molar-refractivity contribution in [3.8, 4) is 0 Å². The molecule has 1 heterocycles. The Morgan fingerprint density at radius 1 is 1.13 bits per heavy atom. The van der Waals surface area contributed by atoms with Gasteiger partial charge in [0.15, 0.2) is 11.6 Å². The number of amides is 1. The van der Waals surface area contributed by atoms with E-state index in [-0.39, 0.29) is 23.3 Å². The molecule has 168 valence electrons. The number of anilines is 1. The third kappa shape index (κ3) is 5.40. The highest BCUT2D eigenvalue weighted by Crippen LogP contribution is 2.25. The molecule has 1 amide bonds. The molecule has 0 spiro atoms. The summed E-state index contributed by atoms with van der Waals surface area (Å²) in [5, 5.41) is 2.79. The van der Waals surface area contributed by atoms with Crippen molar-refractivity contribution in [2.45, 2.75) is 25.2 Å². The Hall–Kier alpha value is -2.52. The number of likely N-dealkylation sites (N-methyl/N-ethyl adjacent to an activating group) is 1. The van der Waals surface area contributed by atoms with E-state index in [4.69, 9.17) is 0 Å². The molecule has 1 saturated heterocycles. The number of nitrogens with one attached hydrogen (secondary N) is 1. The van der Waals surface area contributed by atoms with E-state index < -0.39 is 21.7 Å². The fourth-order valence-electron chi connectivity index (χ4n) is 3.57. The summed E-state index contributed by atoms with van der Waals surface area (Å²) in [5.41, 5.74) is 2.46. The molecule has 1 atom stereocenters. The Kier molecular flexibility index (Phi) is 6.96. The van der Waals surface area contributed by atoms with Gasteiger partial charge in [0, 0.05) is 38.4 Å². The first-order valence-corrected chi connectivity index (χ1v) is 11.5. The Balaban J connectivity index is 1.51. The van der Waals surface area contributed by atoms with Crippen LogP contribution < -0.4 is 10.2 Å². The predicted octanol–water partition coefficient (Wildman–Crippen LogP) is 2.84. The first-order chi connectivity index (χ1) is 14.6. The normalized spacial score (nSPS) is 16.7. The van der Waals surface area contributed by atoms with Crippen LogP contribution in [0, 0.1) is 31.4 Å². The SMILES string of the molecule is Cc1ccc(S(=O)(=O)N(C)CC(=O)NCC2CCN(c3ccc(F)c(F)c3)C2)cc1C. The molecule has 6 nitrogen and oxygen atoms in total. The fraction of sp³-hybridized carbons (Fsp3) is 0.409. The van der Waals surface area contributed by atoms with Crippen LogP contribution in [0.3, 0.4) is 0 Å². The van der Waals surface area contributed by atoms with Gasteiger partial charge in [-0.2, -0.15) is 4.31 Å². The lowest BCUT2D eigenvalue weighted by Crippen LogP contribution is -2.40. The fourth-order valence-corrected chi connectivity index (χ4v) is 4.78. The van der Waals surface area contributed by atoms with Gasteiger partial charge in [0.2, 0.25) is 15.9 Å². The van der Waals surface area contributed by atoms with Gasteiger partial charge in [-0.3, -0.25) is 4.79 Å². The maximum atomic E-state index is 13.5. The number of benzene rings is 2. The lowest BCUT2D eigenvalue weighted by Gasteiger charge is -2.20. The summed E-state index contributed by atoms with van der Waals surface area (Å²) < 4.78 is 53.1. The van der Waals surface area contributed by atoms with E-state index >= 15 is 0 Å². The maximum absolute atomic E-state index is 13.5. The van der Waals surface area contributed by atoms with Crippen LogP contribution in [0.2, 0.25) is 0 Å². The summed E-state index contributed by atoms with van der Waals surface area (Å²) in [5.74, 6) is -2.02. The molecule has 0 saturated carbocycles. The van der Waals surface area contributed by atoms with Gasteiger partial charge in [-0.1, -0.05) is 6.07 Å². The van der Waals surface area contributed by atoms with Crippen molar-refractivity contribution >= 4 is 21.6 Å². The van der Waals surface area contributed by atoms with Crippen LogP contribution in [-0.4, -0.2) is 51.9 Å². The topological polar surface area (TPSA) is 69.7 Å². The van der Waals surface area contributed by atoms with E-state index in [9.17, 15) is 22.0 Å². The average molecular weight is 452 g/mol. The minimum atomic E-state index is -3.76. The van der Waals surface area contributed by atoms with Crippen LogP contribution in [0.15, 0.2) is 41.3 Å². The molecule has 1 unspecified atom stereocenters. The number of halogens is 2. The van der Waals surface area contributed by atoms with Crippen LogP contribution in [0.4, 0.5) is 14.5 Å². The molecule has 1 N–H and O–H groups in total. The summed E-state index contributed by atoms with van der Waals surface area (Å²) in [4.78, 5) is 14.4. The average Bonchev–Trinajstić information content (AvgIpc) is 3.19. The largest absolute Gasteiger partial charge is 0.371 e. The summed E-state index contributed by atoms with van der Waals surface area (Å²) in [7, 11) is -2.39. The van der Waals surface area contributed by atoms with Gasteiger partial charge in [0.05, 0.1) is 11.4 Å². The molecular formula is C22H27F2N3O3S. The Morgan fingerprint density at radius 2 is 1.87 bits per heavy atom. The van der Waals surface area contributed by atoms with Crippen LogP contribution in [0.5, 0.6) is 0 Å². The molecule has 0 bridgehead atoms. The second kappa shape index (κ2) is 9.32. The van der Waals surface area contributed by atoms with Gasteiger partial charge in [-0.15, -0.1) is 0 Å². The molecule has 2 aromatic rings. The van der Waals surface area contributed by atoms with E-state index in [0.29, 0.717) is 25.3 Å². The maximum Gasteiger partial charge on any atom is 0.243 e. The number of nitrogens with zero attached hydrogens (tertiary/aromatic N) is 2. The van der Waals surface area contributed by atoms with Gasteiger partial charge >= 0.3 is 0 Å². The molecule has 9 heteroatoms. The highest BCUT2D eigenvalue weighted by atomic mass is 32.2. The first kappa shape index (κ1) is 23.1. The number of rotatable bonds is 7. The van der Waals surface area contributed by atoms with Gasteiger partial charge in [0.25, 0.3) is 0 Å². The summed E-state index contributed by atoms with van der Waals surface area (Å²) in [6.07, 6.45) is 0.788. The van der Waals surface area contributed by atoms with Crippen molar-refractivity contribution in [1.82, 2.24) is 9.62 Å². The minimum Gasteiger partial charge on any atom is -0.371 e. The quantitative estimate of drug-likeness (QED) is 0.703. The van der Waals surface area contributed by atoms with Crippen LogP contribution in [0.1, 0.15) is 17.5 Å². The summed E-state index contributed by atoms with van der Waals surface area (Å²) in [6.45, 7) is 5.12. The minimum absolute atomic E-state index is 0.138. The molecule has 1 aliphatic rings. The van der Waals surface area contributed by atoms with Crippen molar-refractivity contribution in [3.05, 3.63) is 59.2 Å². The summed E-state index contributed by atoms with van der Waals surface area (Å²) >= 11 is 0. The zero-order valence-electron chi connectivity index (χ0n) is 17.9. The van der Waals surface area contributed by atoms with E-state index in [2.05, 4.69) is 5.32 Å². The standard InChI is InChI=1S/C22H27F2N3O3S/c1-15-4-6-19(10-16(15)2)31(29,30)26(3)14-22(28)25-12-17-8-9-27(13-17)18-5-7-20(23)21(24)11-18/h4-7,10-11,17H,8-9,12-14H2,1-3H3,(H,25,28). The van der Waals surface area contributed by atoms with Crippen LogP contribution in [-0.2, 0) is 14.8 Å². The third-order valence-electron chi connectivity index (χ3n) is 5.69. The van der Waals surface area contributed by atoms with E-state index in [0.717, 1.165) is 27.9 Å². The van der Waals surface area contributed by atoms with Crippen molar-refractivity contribution in [3.63, 3.8) is 0 Å². The Labute approximate surface area is 181 Å². The molecule has 3 rings (SSSR count). The van der Waals surface area contributed by atoms with Gasteiger partial charge in [0.1, 0.15) is 0 Å². The molecule has 2 aromatic carbocycles. The monoisotopic (exact) mass is 451 g/mol. The van der Waals surface area contributed by atoms with Crippen molar-refractivity contribution in [2.24, 2.45) is 5.92 Å². The third-order valence-corrected chi connectivity index (χ3v) is 7.49. The number of sulfonamides is 1. The zero-order chi connectivity index (χ0) is 22.8. The Morgan fingerprint density at radius 3 is 2.55 bits per heavy atom. The number of hydrogen-bond donors (Lipinski definition) is 1. The van der Waals surface area contributed by atoms with Crippen LogP contribution >= 0.6 is 0 Å². The predicted molar refractivity (Wildman–Crippen MR) is 115 cm³/mol. The molecule has 0 radical (unpaired) electrons. The van der Waals surface area contributed by atoms with Crippen molar-refractivity contribution in [1.29, 1.82) is 0 Å². The van der Waals surface area contributed by atoms with Crippen molar-refractivity contribution in [2.75, 3.05) is 38.1 Å². The van der Waals surface area contributed by atoms with Gasteiger partial charge < -0.3 is 10.2 Å². The molecular weight excluding hydrogens is 424 g/mol. The van der Waals surface area contributed by atoms with Crippen molar-refractivity contribution < 1.29 is 22.0 Å². The van der Waals surface area contributed by atoms with E-state index in [1.165, 1.54) is 25.2 Å². The number of carbonyl (C=O) groups is 1. The van der Waals surface area contributed by atoms with Crippen LogP contribution in [0.25, 0.3) is 0 Å². The molecule has 0 aromatic heterocycles. The highest BCUT2D eigenvalue weighted by molar-refractivity contribution is 7.89. The lowest BCUT2D eigenvalue weighted by atomic mass is 10.1. The highest BCUT2D eigenvalue weighted by Gasteiger charge is 2.26. The lowest BCUT2D eigenvalue weighted by molar-refractivity contribution is -0.121. The van der Waals surface area contributed by atoms with Gasteiger partial charge in [-0.05, 0) is 61.6 Å². The van der Waals surface area contributed by atoms with E-state index in [1.807, 2.05) is 18.7 Å². The van der Waals surface area contributed by atoms with Gasteiger partial charge in [-0.25, -0.2) is 17.2 Å². The number of aryl methyl sites for hydroxylation is 2. The van der Waals surface area contributed by atoms with E-state index in [1.54, 1.807) is 12.1 Å². The molecule has 0 aliphatic carbocycles. The number of carbonyl (C=O) groups excluding carboxylic acids is 1. The smallest absolute Gasteiger partial charge is 0.243 e. The Bertz CT molecular complexity index is 1080.